The predicted molar refractivity (Wildman–Crippen MR) is 98.4 cm³/mol. The molecule has 2 rings (SSSR count). The molecule has 1 heterocycles. The molecular formula is C19H23N3O4. The largest absolute Gasteiger partial charge is 0.451 e. The van der Waals surface area contributed by atoms with E-state index in [0.29, 0.717) is 0 Å². The molecule has 3 N–H and O–H groups in total. The molecule has 0 aliphatic heterocycles. The first-order chi connectivity index (χ1) is 12.4. The van der Waals surface area contributed by atoms with Crippen LogP contribution in [-0.2, 0) is 25.5 Å². The number of hydrogen-bond donors (Lipinski definition) is 3. The van der Waals surface area contributed by atoms with Gasteiger partial charge < -0.3 is 20.4 Å². The molecule has 0 radical (unpaired) electrons. The van der Waals surface area contributed by atoms with E-state index in [2.05, 4.69) is 22.2 Å². The second-order valence-corrected chi connectivity index (χ2v) is 5.93. The number of aromatic nitrogens is 1. The van der Waals surface area contributed by atoms with Crippen molar-refractivity contribution >= 4 is 28.7 Å². The molecule has 2 aromatic rings. The van der Waals surface area contributed by atoms with Gasteiger partial charge in [0.15, 0.2) is 6.10 Å². The van der Waals surface area contributed by atoms with Crippen LogP contribution < -0.4 is 10.6 Å². The number of amides is 2. The summed E-state index contributed by atoms with van der Waals surface area (Å²) in [6, 6.07) is 6.78. The first-order valence-corrected chi connectivity index (χ1v) is 8.33. The summed E-state index contributed by atoms with van der Waals surface area (Å²) in [6.07, 6.45) is 2.61. The average molecular weight is 357 g/mol. The fourth-order valence-electron chi connectivity index (χ4n) is 2.59. The van der Waals surface area contributed by atoms with Crippen LogP contribution in [0, 0.1) is 0 Å². The number of nitrogens with one attached hydrogen (secondary N) is 3. The summed E-state index contributed by atoms with van der Waals surface area (Å²) in [4.78, 5) is 39.0. The van der Waals surface area contributed by atoms with Crippen LogP contribution >= 0.6 is 0 Å². The van der Waals surface area contributed by atoms with Crippen LogP contribution in [0.25, 0.3) is 10.9 Å². The summed E-state index contributed by atoms with van der Waals surface area (Å²) in [6.45, 7) is 6.60. The average Bonchev–Trinajstić information content (AvgIpc) is 3.01. The summed E-state index contributed by atoms with van der Waals surface area (Å²) in [5, 5.41) is 6.12. The molecule has 2 atom stereocenters. The van der Waals surface area contributed by atoms with E-state index in [-0.39, 0.29) is 18.9 Å². The SMILES string of the molecule is C=CCNC(=O)[C@@H](C)OC(=O)[C@H](Cc1c[nH]c2ccccc12)NC(C)=O. The lowest BCUT2D eigenvalue weighted by Crippen LogP contribution is -2.45. The standard InChI is InChI=1S/C19H23N3O4/c1-4-9-20-18(24)12(2)26-19(25)17(22-13(3)23)10-14-11-21-16-8-6-5-7-15(14)16/h4-8,11-12,17,21H,1,9-10H2,2-3H3,(H,20,24)(H,22,23)/t12-,17+/m1/s1. The summed E-state index contributed by atoms with van der Waals surface area (Å²) < 4.78 is 5.22. The van der Waals surface area contributed by atoms with Gasteiger partial charge in [-0.15, -0.1) is 6.58 Å². The van der Waals surface area contributed by atoms with Gasteiger partial charge in [-0.25, -0.2) is 4.79 Å². The number of hydrogen-bond acceptors (Lipinski definition) is 4. The van der Waals surface area contributed by atoms with Gasteiger partial charge in [-0.1, -0.05) is 24.3 Å². The van der Waals surface area contributed by atoms with E-state index in [4.69, 9.17) is 4.74 Å². The molecule has 0 bridgehead atoms. The minimum atomic E-state index is -0.971. The number of para-hydroxylation sites is 1. The smallest absolute Gasteiger partial charge is 0.329 e. The topological polar surface area (TPSA) is 100 Å². The van der Waals surface area contributed by atoms with Crippen molar-refractivity contribution in [3.8, 4) is 0 Å². The number of ether oxygens (including phenoxy) is 1. The fourth-order valence-corrected chi connectivity index (χ4v) is 2.59. The molecule has 7 heteroatoms. The first kappa shape index (κ1) is 19.2. The van der Waals surface area contributed by atoms with Crippen LogP contribution in [0.1, 0.15) is 19.4 Å². The number of H-pyrrole nitrogens is 1. The summed E-state index contributed by atoms with van der Waals surface area (Å²) in [7, 11) is 0. The molecule has 0 aliphatic carbocycles. The highest BCUT2D eigenvalue weighted by Crippen LogP contribution is 2.19. The normalized spacial score (nSPS) is 12.8. The number of esters is 1. The van der Waals surface area contributed by atoms with E-state index in [9.17, 15) is 14.4 Å². The van der Waals surface area contributed by atoms with Crippen molar-refractivity contribution in [3.05, 3.63) is 48.7 Å². The number of carbonyl (C=O) groups excluding carboxylic acids is 3. The second-order valence-electron chi connectivity index (χ2n) is 5.93. The predicted octanol–water partition coefficient (Wildman–Crippen LogP) is 1.45. The van der Waals surface area contributed by atoms with E-state index in [1.807, 2.05) is 24.3 Å². The van der Waals surface area contributed by atoms with Crippen LogP contribution in [0.15, 0.2) is 43.1 Å². The number of benzene rings is 1. The first-order valence-electron chi connectivity index (χ1n) is 8.33. The van der Waals surface area contributed by atoms with Gasteiger partial charge in [-0.3, -0.25) is 9.59 Å². The number of aromatic amines is 1. The Kier molecular flexibility index (Phi) is 6.54. The third-order valence-corrected chi connectivity index (χ3v) is 3.84. The molecule has 1 aromatic carbocycles. The zero-order valence-corrected chi connectivity index (χ0v) is 14.9. The Bertz CT molecular complexity index is 812. The number of rotatable bonds is 8. The molecule has 7 nitrogen and oxygen atoms in total. The molecule has 0 saturated heterocycles. The molecule has 138 valence electrons. The van der Waals surface area contributed by atoms with Crippen molar-refractivity contribution in [3.63, 3.8) is 0 Å². The Labute approximate surface area is 151 Å². The fraction of sp³-hybridized carbons (Fsp3) is 0.316. The van der Waals surface area contributed by atoms with Gasteiger partial charge in [0.05, 0.1) is 0 Å². The van der Waals surface area contributed by atoms with E-state index in [1.165, 1.54) is 19.9 Å². The van der Waals surface area contributed by atoms with E-state index in [1.54, 1.807) is 6.20 Å². The minimum Gasteiger partial charge on any atom is -0.451 e. The minimum absolute atomic E-state index is 0.253. The molecule has 1 aromatic heterocycles. The maximum absolute atomic E-state index is 12.5. The van der Waals surface area contributed by atoms with Gasteiger partial charge in [0.25, 0.3) is 5.91 Å². The van der Waals surface area contributed by atoms with Gasteiger partial charge in [-0.2, -0.15) is 0 Å². The highest BCUT2D eigenvalue weighted by atomic mass is 16.5. The van der Waals surface area contributed by atoms with E-state index in [0.717, 1.165) is 16.5 Å². The van der Waals surface area contributed by atoms with Crippen molar-refractivity contribution in [2.24, 2.45) is 0 Å². The highest BCUT2D eigenvalue weighted by molar-refractivity contribution is 5.88. The molecule has 26 heavy (non-hydrogen) atoms. The Morgan fingerprint density at radius 2 is 2.04 bits per heavy atom. The van der Waals surface area contributed by atoms with Gasteiger partial charge in [0.2, 0.25) is 5.91 Å². The number of carbonyl (C=O) groups is 3. The van der Waals surface area contributed by atoms with E-state index >= 15 is 0 Å². The van der Waals surface area contributed by atoms with Crippen LogP contribution in [0.2, 0.25) is 0 Å². The third-order valence-electron chi connectivity index (χ3n) is 3.84. The Balaban J connectivity index is 2.11. The lowest BCUT2D eigenvalue weighted by molar-refractivity contribution is -0.157. The molecule has 0 spiro atoms. The Morgan fingerprint density at radius 3 is 2.73 bits per heavy atom. The Morgan fingerprint density at radius 1 is 1.31 bits per heavy atom. The molecule has 0 saturated carbocycles. The van der Waals surface area contributed by atoms with Gasteiger partial charge >= 0.3 is 5.97 Å². The molecular weight excluding hydrogens is 334 g/mol. The lowest BCUT2D eigenvalue weighted by atomic mass is 10.0. The van der Waals surface area contributed by atoms with E-state index < -0.39 is 24.0 Å². The summed E-state index contributed by atoms with van der Waals surface area (Å²) >= 11 is 0. The van der Waals surface area contributed by atoms with Gasteiger partial charge in [0.1, 0.15) is 6.04 Å². The third kappa shape index (κ3) is 4.95. The van der Waals surface area contributed by atoms with Crippen LogP contribution in [0.3, 0.4) is 0 Å². The monoisotopic (exact) mass is 357 g/mol. The molecule has 2 amide bonds. The Hall–Kier alpha value is -3.09. The zero-order chi connectivity index (χ0) is 19.1. The quantitative estimate of drug-likeness (QED) is 0.492. The van der Waals surface area contributed by atoms with Crippen LogP contribution in [0.5, 0.6) is 0 Å². The van der Waals surface area contributed by atoms with Gasteiger partial charge in [-0.05, 0) is 18.6 Å². The van der Waals surface area contributed by atoms with Crippen molar-refractivity contribution in [1.29, 1.82) is 0 Å². The maximum atomic E-state index is 12.5. The van der Waals surface area contributed by atoms with Crippen molar-refractivity contribution in [2.75, 3.05) is 6.54 Å². The molecule has 0 aliphatic rings. The molecule has 0 unspecified atom stereocenters. The van der Waals surface area contributed by atoms with Crippen molar-refractivity contribution in [2.45, 2.75) is 32.4 Å². The van der Waals surface area contributed by atoms with Crippen LogP contribution in [-0.4, -0.2) is 41.5 Å². The van der Waals surface area contributed by atoms with Crippen molar-refractivity contribution < 1.29 is 19.1 Å². The second kappa shape index (κ2) is 8.84. The lowest BCUT2D eigenvalue weighted by Gasteiger charge is -2.19. The number of fused-ring (bicyclic) bond motifs is 1. The highest BCUT2D eigenvalue weighted by Gasteiger charge is 2.26. The summed E-state index contributed by atoms with van der Waals surface area (Å²) in [5.41, 5.74) is 1.81. The van der Waals surface area contributed by atoms with Gasteiger partial charge in [0, 0.05) is 37.0 Å². The maximum Gasteiger partial charge on any atom is 0.329 e. The van der Waals surface area contributed by atoms with Crippen LogP contribution in [0.4, 0.5) is 0 Å². The summed E-state index contributed by atoms with van der Waals surface area (Å²) in [5.74, 6) is -1.44. The zero-order valence-electron chi connectivity index (χ0n) is 14.9. The van der Waals surface area contributed by atoms with Crippen molar-refractivity contribution in [1.82, 2.24) is 15.6 Å². The molecule has 0 fully saturated rings.